The molecule has 116 valence electrons. The van der Waals surface area contributed by atoms with Crippen molar-refractivity contribution in [2.24, 2.45) is 0 Å². The molecule has 1 atom stereocenters. The van der Waals surface area contributed by atoms with Gasteiger partial charge in [0.2, 0.25) is 5.91 Å². The van der Waals surface area contributed by atoms with Crippen molar-refractivity contribution in [3.8, 4) is 0 Å². The van der Waals surface area contributed by atoms with Crippen molar-refractivity contribution in [2.75, 3.05) is 11.5 Å². The fraction of sp³-hybridized carbons (Fsp3) is 0.176. The summed E-state index contributed by atoms with van der Waals surface area (Å²) in [4.78, 5) is 26.6. The number of rotatable bonds is 2. The number of halogens is 1. The summed E-state index contributed by atoms with van der Waals surface area (Å²) in [5.74, 6) is -0.540. The van der Waals surface area contributed by atoms with Crippen LogP contribution in [-0.2, 0) is 14.3 Å². The van der Waals surface area contributed by atoms with E-state index in [1.165, 1.54) is 0 Å². The second-order valence-electron chi connectivity index (χ2n) is 5.46. The van der Waals surface area contributed by atoms with Crippen LogP contribution in [0.25, 0.3) is 0 Å². The van der Waals surface area contributed by atoms with Gasteiger partial charge in [-0.3, -0.25) is 9.69 Å². The van der Waals surface area contributed by atoms with Crippen LogP contribution in [0.15, 0.2) is 56.8 Å². The van der Waals surface area contributed by atoms with Gasteiger partial charge in [-0.15, -0.1) is 0 Å². The smallest absolute Gasteiger partial charge is 0.336 e. The average molecular weight is 390 g/mol. The number of benzene rings is 1. The molecule has 2 aliphatic heterocycles. The molecule has 1 aromatic heterocycles. The molecule has 0 N–H and O–H groups in total. The summed E-state index contributed by atoms with van der Waals surface area (Å²) >= 11 is 4.99. The second kappa shape index (κ2) is 5.62. The Hall–Kier alpha value is -1.92. The van der Waals surface area contributed by atoms with Gasteiger partial charge in [0.25, 0.3) is 0 Å². The molecule has 4 nitrogen and oxygen atoms in total. The molecule has 0 bridgehead atoms. The number of carbonyl (C=O) groups excluding carboxylic acids is 2. The number of carbonyl (C=O) groups is 2. The van der Waals surface area contributed by atoms with Crippen LogP contribution in [0.5, 0.6) is 0 Å². The predicted octanol–water partition coefficient (Wildman–Crippen LogP) is 3.84. The lowest BCUT2D eigenvalue weighted by Crippen LogP contribution is -2.37. The summed E-state index contributed by atoms with van der Waals surface area (Å²) in [6, 6.07) is 9.47. The maximum absolute atomic E-state index is 12.8. The first kappa shape index (κ1) is 14.7. The van der Waals surface area contributed by atoms with E-state index >= 15 is 0 Å². The van der Waals surface area contributed by atoms with Gasteiger partial charge in [0.05, 0.1) is 11.3 Å². The molecule has 0 radical (unpaired) electrons. The molecule has 0 aliphatic carbocycles. The lowest BCUT2D eigenvalue weighted by Gasteiger charge is -2.31. The van der Waals surface area contributed by atoms with E-state index in [-0.39, 0.29) is 30.8 Å². The fourth-order valence-corrected chi connectivity index (χ4v) is 4.23. The van der Waals surface area contributed by atoms with Gasteiger partial charge in [-0.2, -0.15) is 11.3 Å². The Kier molecular flexibility index (Phi) is 3.58. The Labute approximate surface area is 145 Å². The number of thiophene rings is 1. The van der Waals surface area contributed by atoms with Gasteiger partial charge in [-0.25, -0.2) is 4.79 Å². The highest BCUT2D eigenvalue weighted by Crippen LogP contribution is 2.42. The minimum absolute atomic E-state index is 0.0173. The molecule has 0 saturated carbocycles. The molecule has 2 aliphatic rings. The maximum atomic E-state index is 12.8. The van der Waals surface area contributed by atoms with E-state index in [0.29, 0.717) is 11.3 Å². The normalized spacial score (nSPS) is 20.7. The third-order valence-electron chi connectivity index (χ3n) is 4.13. The quantitative estimate of drug-likeness (QED) is 0.732. The van der Waals surface area contributed by atoms with Crippen LogP contribution in [0.3, 0.4) is 0 Å². The molecular formula is C17H12BrNO3S. The first-order valence-electron chi connectivity index (χ1n) is 7.16. The Morgan fingerprint density at radius 3 is 2.87 bits per heavy atom. The predicted molar refractivity (Wildman–Crippen MR) is 91.3 cm³/mol. The van der Waals surface area contributed by atoms with Gasteiger partial charge < -0.3 is 4.74 Å². The van der Waals surface area contributed by atoms with Crippen LogP contribution in [-0.4, -0.2) is 18.5 Å². The summed E-state index contributed by atoms with van der Waals surface area (Å²) < 4.78 is 6.13. The highest BCUT2D eigenvalue weighted by Gasteiger charge is 2.43. The van der Waals surface area contributed by atoms with Crippen molar-refractivity contribution in [2.45, 2.75) is 12.3 Å². The van der Waals surface area contributed by atoms with E-state index in [0.717, 1.165) is 15.7 Å². The molecule has 23 heavy (non-hydrogen) atoms. The van der Waals surface area contributed by atoms with Gasteiger partial charge >= 0.3 is 5.97 Å². The molecule has 1 aromatic carbocycles. The van der Waals surface area contributed by atoms with Crippen molar-refractivity contribution in [3.63, 3.8) is 0 Å². The summed E-state index contributed by atoms with van der Waals surface area (Å²) in [6.45, 7) is 0.146. The lowest BCUT2D eigenvalue weighted by atomic mass is 9.85. The standard InChI is InChI=1S/C17H12BrNO3S/c18-11-2-1-3-12(6-11)19-14-8-22-17(21)16(14)13(7-15(19)20)10-4-5-23-9-10/h1-6,9,13H,7-8H2/t13-/m0/s1. The molecule has 3 heterocycles. The molecule has 0 spiro atoms. The molecule has 1 amide bonds. The largest absolute Gasteiger partial charge is 0.456 e. The molecule has 2 aromatic rings. The van der Waals surface area contributed by atoms with Crippen molar-refractivity contribution in [3.05, 3.63) is 62.4 Å². The maximum Gasteiger partial charge on any atom is 0.336 e. The van der Waals surface area contributed by atoms with Gasteiger partial charge in [-0.05, 0) is 40.6 Å². The molecular weight excluding hydrogens is 378 g/mol. The fourth-order valence-electron chi connectivity index (χ4n) is 3.13. The summed E-state index contributed by atoms with van der Waals surface area (Å²) in [5, 5.41) is 3.95. The third kappa shape index (κ3) is 2.42. The van der Waals surface area contributed by atoms with Crippen LogP contribution in [0.2, 0.25) is 0 Å². The number of hydrogen-bond acceptors (Lipinski definition) is 4. The zero-order valence-corrected chi connectivity index (χ0v) is 14.4. The van der Waals surface area contributed by atoms with Crippen LogP contribution in [0.4, 0.5) is 5.69 Å². The van der Waals surface area contributed by atoms with E-state index in [1.807, 2.05) is 41.1 Å². The van der Waals surface area contributed by atoms with Gasteiger partial charge in [-0.1, -0.05) is 22.0 Å². The first-order chi connectivity index (χ1) is 11.1. The van der Waals surface area contributed by atoms with Gasteiger partial charge in [0, 0.05) is 22.5 Å². The Morgan fingerprint density at radius 1 is 1.26 bits per heavy atom. The molecule has 0 saturated heterocycles. The van der Waals surface area contributed by atoms with Gasteiger partial charge in [0.1, 0.15) is 6.61 Å². The number of anilines is 1. The molecule has 0 fully saturated rings. The van der Waals surface area contributed by atoms with Crippen LogP contribution in [0.1, 0.15) is 17.9 Å². The SMILES string of the molecule is O=C1OCC2=C1[C@H](c1ccsc1)CC(=O)N2c1cccc(Br)c1. The van der Waals surface area contributed by atoms with Crippen LogP contribution < -0.4 is 4.90 Å². The van der Waals surface area contributed by atoms with E-state index in [4.69, 9.17) is 4.74 Å². The minimum Gasteiger partial charge on any atom is -0.456 e. The van der Waals surface area contributed by atoms with E-state index in [2.05, 4.69) is 15.9 Å². The zero-order chi connectivity index (χ0) is 16.0. The van der Waals surface area contributed by atoms with Crippen molar-refractivity contribution >= 4 is 44.8 Å². The van der Waals surface area contributed by atoms with E-state index in [1.54, 1.807) is 16.2 Å². The number of esters is 1. The van der Waals surface area contributed by atoms with Crippen LogP contribution in [0, 0.1) is 0 Å². The Balaban J connectivity index is 1.85. The van der Waals surface area contributed by atoms with Crippen LogP contribution >= 0.6 is 27.3 Å². The Morgan fingerprint density at radius 2 is 2.13 bits per heavy atom. The van der Waals surface area contributed by atoms with Crippen molar-refractivity contribution in [1.82, 2.24) is 0 Å². The van der Waals surface area contributed by atoms with Crippen molar-refractivity contribution in [1.29, 1.82) is 0 Å². The van der Waals surface area contributed by atoms with Gasteiger partial charge in [0.15, 0.2) is 0 Å². The third-order valence-corrected chi connectivity index (χ3v) is 5.32. The first-order valence-corrected chi connectivity index (χ1v) is 8.89. The summed E-state index contributed by atoms with van der Waals surface area (Å²) in [5.41, 5.74) is 3.03. The number of cyclic esters (lactones) is 1. The number of amides is 1. The molecule has 6 heteroatoms. The molecule has 4 rings (SSSR count). The molecule has 0 unspecified atom stereocenters. The topological polar surface area (TPSA) is 46.6 Å². The highest BCUT2D eigenvalue weighted by atomic mass is 79.9. The van der Waals surface area contributed by atoms with E-state index in [9.17, 15) is 9.59 Å². The average Bonchev–Trinajstić information content (AvgIpc) is 3.17. The Bertz CT molecular complexity index is 828. The van der Waals surface area contributed by atoms with E-state index < -0.39 is 0 Å². The monoisotopic (exact) mass is 389 g/mol. The summed E-state index contributed by atoms with van der Waals surface area (Å²) in [7, 11) is 0. The second-order valence-corrected chi connectivity index (χ2v) is 7.15. The number of ether oxygens (including phenoxy) is 1. The summed E-state index contributed by atoms with van der Waals surface area (Å²) in [6.07, 6.45) is 0.275. The minimum atomic E-state index is -0.316. The lowest BCUT2D eigenvalue weighted by molar-refractivity contribution is -0.136. The number of hydrogen-bond donors (Lipinski definition) is 0. The zero-order valence-electron chi connectivity index (χ0n) is 12.0. The highest BCUT2D eigenvalue weighted by molar-refractivity contribution is 9.10. The van der Waals surface area contributed by atoms with Crippen molar-refractivity contribution < 1.29 is 14.3 Å². The number of nitrogens with zero attached hydrogens (tertiary/aromatic N) is 1.